The average Bonchev–Trinajstić information content (AvgIpc) is 2.85. The van der Waals surface area contributed by atoms with Crippen molar-refractivity contribution in [3.05, 3.63) is 93.0 Å². The van der Waals surface area contributed by atoms with E-state index >= 15 is 0 Å². The Hall–Kier alpha value is -4.40. The largest absolute Gasteiger partial charge is 0.490 e. The van der Waals surface area contributed by atoms with Crippen molar-refractivity contribution in [2.75, 3.05) is 11.9 Å². The normalized spacial score (nSPS) is 11.3. The second-order valence-corrected chi connectivity index (χ2v) is 9.04. The van der Waals surface area contributed by atoms with Crippen molar-refractivity contribution >= 4 is 45.1 Å². The number of benzene rings is 3. The molecule has 12 heteroatoms. The molecule has 0 saturated carbocycles. The number of hydrogen-bond acceptors (Lipinski definition) is 8. The van der Waals surface area contributed by atoms with Gasteiger partial charge in [0.2, 0.25) is 0 Å². The van der Waals surface area contributed by atoms with Crippen LogP contribution in [0.25, 0.3) is 6.08 Å². The number of anilines is 1. The smallest absolute Gasteiger partial charge is 0.339 e. The van der Waals surface area contributed by atoms with Crippen molar-refractivity contribution in [2.45, 2.75) is 11.8 Å². The zero-order valence-electron chi connectivity index (χ0n) is 18.7. The highest BCUT2D eigenvalue weighted by molar-refractivity contribution is 7.87. The molecule has 3 aromatic rings. The maximum Gasteiger partial charge on any atom is 0.339 e. The number of amides is 1. The number of nitro groups is 1. The van der Waals surface area contributed by atoms with Gasteiger partial charge in [-0.3, -0.25) is 14.9 Å². The topological polar surface area (TPSA) is 149 Å². The van der Waals surface area contributed by atoms with E-state index in [0.29, 0.717) is 16.3 Å². The van der Waals surface area contributed by atoms with Gasteiger partial charge < -0.3 is 14.2 Å². The van der Waals surface area contributed by atoms with E-state index in [4.69, 9.17) is 20.5 Å². The van der Waals surface area contributed by atoms with Gasteiger partial charge in [-0.25, -0.2) is 0 Å². The van der Waals surface area contributed by atoms with Crippen LogP contribution in [0.1, 0.15) is 12.5 Å². The molecule has 1 amide bonds. The second kappa shape index (κ2) is 11.4. The van der Waals surface area contributed by atoms with Gasteiger partial charge >= 0.3 is 10.1 Å². The predicted octanol–water partition coefficient (Wildman–Crippen LogP) is 4.96. The summed E-state index contributed by atoms with van der Waals surface area (Å²) in [5.74, 6) is -0.813. The predicted molar refractivity (Wildman–Crippen MR) is 132 cm³/mol. The molecule has 0 radical (unpaired) electrons. The number of nitro benzene ring substituents is 1. The number of non-ortho nitro benzene ring substituents is 1. The minimum Gasteiger partial charge on any atom is -0.490 e. The van der Waals surface area contributed by atoms with Crippen LogP contribution in [-0.4, -0.2) is 25.9 Å². The molecule has 184 valence electrons. The molecule has 0 unspecified atom stereocenters. The van der Waals surface area contributed by atoms with Gasteiger partial charge in [0.05, 0.1) is 11.5 Å². The van der Waals surface area contributed by atoms with Gasteiger partial charge in [-0.1, -0.05) is 23.7 Å². The number of carbonyl (C=O) groups excluding carboxylic acids is 1. The van der Waals surface area contributed by atoms with Crippen LogP contribution in [0.5, 0.6) is 11.5 Å². The Morgan fingerprint density at radius 3 is 2.50 bits per heavy atom. The van der Waals surface area contributed by atoms with Crippen LogP contribution in [0.2, 0.25) is 5.02 Å². The number of nitrogens with one attached hydrogen (secondary N) is 1. The Morgan fingerprint density at radius 2 is 1.86 bits per heavy atom. The number of halogens is 1. The van der Waals surface area contributed by atoms with Crippen LogP contribution in [0.15, 0.2) is 77.2 Å². The highest BCUT2D eigenvalue weighted by Gasteiger charge is 2.22. The van der Waals surface area contributed by atoms with Gasteiger partial charge in [0.1, 0.15) is 16.5 Å². The summed E-state index contributed by atoms with van der Waals surface area (Å²) >= 11 is 5.83. The summed E-state index contributed by atoms with van der Waals surface area (Å²) in [5, 5.41) is 23.5. The first-order valence-electron chi connectivity index (χ1n) is 10.3. The standard InChI is InChI=1S/C24H18ClN3O7S/c1-2-34-23-13-16(12-17(15-26)24(29)27-19-9-7-18(25)8-10-19)6-11-22(23)35-36(32,33)21-5-3-4-20(14-21)28(30)31/h3-14H,2H2,1H3,(H,27,29)/b17-12-. The fraction of sp³-hybridized carbons (Fsp3) is 0.0833. The molecule has 0 aromatic heterocycles. The van der Waals surface area contributed by atoms with Crippen LogP contribution >= 0.6 is 11.6 Å². The fourth-order valence-electron chi connectivity index (χ4n) is 2.92. The van der Waals surface area contributed by atoms with Crippen molar-refractivity contribution in [1.82, 2.24) is 0 Å². The van der Waals surface area contributed by atoms with Crippen LogP contribution in [0.3, 0.4) is 0 Å². The molecule has 10 nitrogen and oxygen atoms in total. The Morgan fingerprint density at radius 1 is 1.14 bits per heavy atom. The van der Waals surface area contributed by atoms with Gasteiger partial charge in [-0.2, -0.15) is 13.7 Å². The third-order valence-corrected chi connectivity index (χ3v) is 6.04. The molecule has 36 heavy (non-hydrogen) atoms. The summed E-state index contributed by atoms with van der Waals surface area (Å²) in [7, 11) is -4.43. The summed E-state index contributed by atoms with van der Waals surface area (Å²) in [4.78, 5) is 22.4. The van der Waals surface area contributed by atoms with E-state index in [1.54, 1.807) is 31.2 Å². The average molecular weight is 528 g/mol. The molecule has 0 heterocycles. The third-order valence-electron chi connectivity index (χ3n) is 4.56. The third kappa shape index (κ3) is 6.59. The fourth-order valence-corrected chi connectivity index (χ4v) is 4.02. The SMILES string of the molecule is CCOc1cc(/C=C(/C#N)C(=O)Nc2ccc(Cl)cc2)ccc1OS(=O)(=O)c1cccc([N+](=O)[O-])c1. The van der Waals surface area contributed by atoms with Crippen molar-refractivity contribution in [2.24, 2.45) is 0 Å². The lowest BCUT2D eigenvalue weighted by molar-refractivity contribution is -0.385. The quantitative estimate of drug-likeness (QED) is 0.135. The summed E-state index contributed by atoms with van der Waals surface area (Å²) in [6.07, 6.45) is 1.30. The molecule has 3 rings (SSSR count). The minimum absolute atomic E-state index is 0.0238. The zero-order chi connectivity index (χ0) is 26.3. The maximum atomic E-state index is 12.7. The molecule has 0 fully saturated rings. The lowest BCUT2D eigenvalue weighted by atomic mass is 10.1. The van der Waals surface area contributed by atoms with Gasteiger partial charge in [0.25, 0.3) is 11.6 Å². The van der Waals surface area contributed by atoms with Crippen LogP contribution in [-0.2, 0) is 14.9 Å². The number of nitrogens with zero attached hydrogens (tertiary/aromatic N) is 2. The molecule has 0 saturated heterocycles. The highest BCUT2D eigenvalue weighted by Crippen LogP contribution is 2.32. The minimum atomic E-state index is -4.43. The molecule has 0 atom stereocenters. The lowest BCUT2D eigenvalue weighted by Gasteiger charge is -2.13. The van der Waals surface area contributed by atoms with Gasteiger partial charge in [0.15, 0.2) is 11.5 Å². The number of carbonyl (C=O) groups is 1. The Kier molecular flexibility index (Phi) is 8.26. The number of nitriles is 1. The molecule has 3 aromatic carbocycles. The Balaban J connectivity index is 1.88. The lowest BCUT2D eigenvalue weighted by Crippen LogP contribution is -2.13. The molecule has 0 aliphatic carbocycles. The monoisotopic (exact) mass is 527 g/mol. The zero-order valence-corrected chi connectivity index (χ0v) is 20.2. The molecular formula is C24H18ClN3O7S. The Labute approximate surface area is 211 Å². The molecule has 1 N–H and O–H groups in total. The first-order chi connectivity index (χ1) is 17.1. The van der Waals surface area contributed by atoms with Crippen molar-refractivity contribution < 1.29 is 27.1 Å². The van der Waals surface area contributed by atoms with Crippen LogP contribution in [0.4, 0.5) is 11.4 Å². The maximum absolute atomic E-state index is 12.7. The molecule has 0 aliphatic heterocycles. The molecular weight excluding hydrogens is 510 g/mol. The second-order valence-electron chi connectivity index (χ2n) is 7.06. The molecule has 0 spiro atoms. The van der Waals surface area contributed by atoms with Crippen LogP contribution < -0.4 is 14.2 Å². The summed E-state index contributed by atoms with van der Waals surface area (Å²) in [6.45, 7) is 1.82. The van der Waals surface area contributed by atoms with E-state index in [-0.39, 0.29) is 23.7 Å². The van der Waals surface area contributed by atoms with Crippen LogP contribution in [0, 0.1) is 21.4 Å². The summed E-state index contributed by atoms with van der Waals surface area (Å²) in [5.41, 5.74) is 0.174. The van der Waals surface area contributed by atoms with E-state index in [2.05, 4.69) is 5.32 Å². The van der Waals surface area contributed by atoms with E-state index < -0.39 is 31.5 Å². The molecule has 0 aliphatic rings. The van der Waals surface area contributed by atoms with E-state index in [1.165, 1.54) is 30.3 Å². The first-order valence-corrected chi connectivity index (χ1v) is 12.1. The van der Waals surface area contributed by atoms with Gasteiger partial charge in [-0.15, -0.1) is 0 Å². The molecule has 0 bridgehead atoms. The summed E-state index contributed by atoms with van der Waals surface area (Å²) in [6, 6.07) is 16.7. The van der Waals surface area contributed by atoms with E-state index in [1.807, 2.05) is 6.07 Å². The van der Waals surface area contributed by atoms with E-state index in [9.17, 15) is 28.6 Å². The van der Waals surface area contributed by atoms with Crippen molar-refractivity contribution in [3.8, 4) is 17.6 Å². The van der Waals surface area contributed by atoms with E-state index in [0.717, 1.165) is 18.2 Å². The Bertz CT molecular complexity index is 1480. The number of hydrogen-bond donors (Lipinski definition) is 1. The first kappa shape index (κ1) is 26.2. The van der Waals surface area contributed by atoms with Gasteiger partial charge in [0, 0.05) is 22.8 Å². The summed E-state index contributed by atoms with van der Waals surface area (Å²) < 4.78 is 36.1. The van der Waals surface area contributed by atoms with Crippen molar-refractivity contribution in [1.29, 1.82) is 5.26 Å². The number of rotatable bonds is 9. The highest BCUT2D eigenvalue weighted by atomic mass is 35.5. The number of ether oxygens (including phenoxy) is 1. The van der Waals surface area contributed by atoms with Crippen molar-refractivity contribution in [3.63, 3.8) is 0 Å². The van der Waals surface area contributed by atoms with Gasteiger partial charge in [-0.05, 0) is 61.0 Å².